The highest BCUT2D eigenvalue weighted by Crippen LogP contribution is 2.32. The minimum absolute atomic E-state index is 0.0640. The largest absolute Gasteiger partial charge is 0.465 e. The number of nitrogens with one attached hydrogen (secondary N) is 1. The molecule has 0 saturated carbocycles. The Labute approximate surface area is 119 Å². The quantitative estimate of drug-likeness (QED) is 0.845. The third-order valence-electron chi connectivity index (χ3n) is 2.73. The van der Waals surface area contributed by atoms with Gasteiger partial charge < -0.3 is 4.74 Å². The molecule has 19 heavy (non-hydrogen) atoms. The maximum absolute atomic E-state index is 11.3. The van der Waals surface area contributed by atoms with E-state index in [4.69, 9.17) is 4.74 Å². The van der Waals surface area contributed by atoms with E-state index in [0.717, 1.165) is 10.7 Å². The topological polar surface area (TPSA) is 51.2 Å². The Morgan fingerprint density at radius 3 is 2.58 bits per heavy atom. The van der Waals surface area contributed by atoms with Crippen molar-refractivity contribution in [2.75, 3.05) is 13.2 Å². The molecular formula is C14H24N2O2S. The van der Waals surface area contributed by atoms with E-state index in [9.17, 15) is 4.79 Å². The fraction of sp³-hybridized carbons (Fsp3) is 0.714. The van der Waals surface area contributed by atoms with Crippen molar-refractivity contribution < 1.29 is 9.53 Å². The van der Waals surface area contributed by atoms with Crippen LogP contribution in [-0.4, -0.2) is 24.1 Å². The van der Waals surface area contributed by atoms with Gasteiger partial charge in [0.1, 0.15) is 0 Å². The summed E-state index contributed by atoms with van der Waals surface area (Å²) >= 11 is 1.71. The molecule has 1 N–H and O–H groups in total. The van der Waals surface area contributed by atoms with Crippen molar-refractivity contribution >= 4 is 17.3 Å². The summed E-state index contributed by atoms with van der Waals surface area (Å²) in [5.74, 6) is -0.215. The molecule has 0 aliphatic carbocycles. The van der Waals surface area contributed by atoms with Crippen molar-refractivity contribution in [1.82, 2.24) is 10.3 Å². The molecule has 1 aromatic rings. The number of thiazole rings is 1. The molecule has 108 valence electrons. The smallest absolute Gasteiger partial charge is 0.319 e. The second-order valence-electron chi connectivity index (χ2n) is 5.63. The van der Waals surface area contributed by atoms with Crippen molar-refractivity contribution in [3.05, 3.63) is 15.6 Å². The summed E-state index contributed by atoms with van der Waals surface area (Å²) in [6.07, 6.45) is 0. The monoisotopic (exact) mass is 284 g/mol. The summed E-state index contributed by atoms with van der Waals surface area (Å²) in [7, 11) is 0. The zero-order valence-electron chi connectivity index (χ0n) is 12.7. The van der Waals surface area contributed by atoms with Crippen LogP contribution in [0.5, 0.6) is 0 Å². The molecule has 0 aliphatic rings. The first-order valence-electron chi connectivity index (χ1n) is 6.62. The fourth-order valence-electron chi connectivity index (χ4n) is 1.67. The van der Waals surface area contributed by atoms with Gasteiger partial charge in [0.25, 0.3) is 0 Å². The number of hydrogen-bond donors (Lipinski definition) is 1. The standard InChI is InChI=1S/C14H24N2O2S/c1-7-18-11(17)8-15-9(2)12-10(3)16-13(19-12)14(4,5)6/h9,15H,7-8H2,1-6H3. The number of carbonyl (C=O) groups excluding carboxylic acids is 1. The van der Waals surface area contributed by atoms with Crippen LogP contribution in [0, 0.1) is 6.92 Å². The Kier molecular flexibility index (Phi) is 5.50. The highest BCUT2D eigenvalue weighted by molar-refractivity contribution is 7.12. The molecule has 0 aliphatic heterocycles. The molecular weight excluding hydrogens is 260 g/mol. The van der Waals surface area contributed by atoms with E-state index in [2.05, 4.69) is 31.1 Å². The van der Waals surface area contributed by atoms with Crippen molar-refractivity contribution in [1.29, 1.82) is 0 Å². The van der Waals surface area contributed by atoms with E-state index < -0.39 is 0 Å². The molecule has 0 amide bonds. The predicted molar refractivity (Wildman–Crippen MR) is 78.6 cm³/mol. The molecule has 4 nitrogen and oxygen atoms in total. The number of hydrogen-bond acceptors (Lipinski definition) is 5. The van der Waals surface area contributed by atoms with Crippen LogP contribution >= 0.6 is 11.3 Å². The molecule has 0 spiro atoms. The van der Waals surface area contributed by atoms with Gasteiger partial charge in [0.2, 0.25) is 0 Å². The highest BCUT2D eigenvalue weighted by Gasteiger charge is 2.22. The van der Waals surface area contributed by atoms with Crippen LogP contribution in [0.3, 0.4) is 0 Å². The van der Waals surface area contributed by atoms with Crippen molar-refractivity contribution in [3.8, 4) is 0 Å². The van der Waals surface area contributed by atoms with Crippen molar-refractivity contribution in [2.24, 2.45) is 0 Å². The number of carbonyl (C=O) groups is 1. The Balaban J connectivity index is 2.69. The van der Waals surface area contributed by atoms with Crippen molar-refractivity contribution in [3.63, 3.8) is 0 Å². The Hall–Kier alpha value is -0.940. The van der Waals surface area contributed by atoms with Gasteiger partial charge in [-0.25, -0.2) is 4.98 Å². The zero-order valence-corrected chi connectivity index (χ0v) is 13.5. The van der Waals surface area contributed by atoms with E-state index in [0.29, 0.717) is 6.61 Å². The summed E-state index contributed by atoms with van der Waals surface area (Å²) in [5, 5.41) is 4.31. The lowest BCUT2D eigenvalue weighted by Gasteiger charge is -2.14. The van der Waals surface area contributed by atoms with Crippen LogP contribution in [0.25, 0.3) is 0 Å². The summed E-state index contributed by atoms with van der Waals surface area (Å²) in [6.45, 7) is 13.0. The minimum atomic E-state index is -0.215. The van der Waals surface area contributed by atoms with E-state index in [1.807, 2.05) is 20.8 Å². The van der Waals surface area contributed by atoms with Gasteiger partial charge in [-0.2, -0.15) is 0 Å². The number of rotatable bonds is 5. The molecule has 1 unspecified atom stereocenters. The molecule has 1 atom stereocenters. The molecule has 5 heteroatoms. The molecule has 0 saturated heterocycles. The lowest BCUT2D eigenvalue weighted by molar-refractivity contribution is -0.142. The molecule has 0 fully saturated rings. The predicted octanol–water partition coefficient (Wildman–Crippen LogP) is 2.96. The third-order valence-corrected chi connectivity index (χ3v) is 4.49. The lowest BCUT2D eigenvalue weighted by Crippen LogP contribution is -2.27. The van der Waals surface area contributed by atoms with Crippen LogP contribution in [0.2, 0.25) is 0 Å². The second-order valence-corrected chi connectivity index (χ2v) is 6.66. The van der Waals surface area contributed by atoms with Gasteiger partial charge in [-0.15, -0.1) is 11.3 Å². The first kappa shape index (κ1) is 16.1. The van der Waals surface area contributed by atoms with Gasteiger partial charge in [0, 0.05) is 16.3 Å². The SMILES string of the molecule is CCOC(=O)CNC(C)c1sc(C(C)(C)C)nc1C. The highest BCUT2D eigenvalue weighted by atomic mass is 32.1. The zero-order chi connectivity index (χ0) is 14.6. The number of esters is 1. The van der Waals surface area contributed by atoms with Crippen LogP contribution in [-0.2, 0) is 14.9 Å². The average Bonchev–Trinajstić information content (AvgIpc) is 2.68. The average molecular weight is 284 g/mol. The molecule has 0 radical (unpaired) electrons. The number of ether oxygens (including phenoxy) is 1. The second kappa shape index (κ2) is 6.48. The van der Waals surface area contributed by atoms with E-state index >= 15 is 0 Å². The minimum Gasteiger partial charge on any atom is -0.465 e. The van der Waals surface area contributed by atoms with Gasteiger partial charge in [-0.3, -0.25) is 10.1 Å². The van der Waals surface area contributed by atoms with Crippen molar-refractivity contribution in [2.45, 2.75) is 53.0 Å². The van der Waals surface area contributed by atoms with Gasteiger partial charge in [0.05, 0.1) is 23.9 Å². The van der Waals surface area contributed by atoms with Crippen LogP contribution < -0.4 is 5.32 Å². The number of nitrogens with zero attached hydrogens (tertiary/aromatic N) is 1. The first-order valence-corrected chi connectivity index (χ1v) is 7.44. The molecule has 1 rings (SSSR count). The fourth-order valence-corrected chi connectivity index (χ4v) is 2.82. The molecule has 0 aromatic carbocycles. The summed E-state index contributed by atoms with van der Waals surface area (Å²) in [5.41, 5.74) is 1.10. The molecule has 1 aromatic heterocycles. The normalized spacial score (nSPS) is 13.4. The Morgan fingerprint density at radius 1 is 1.47 bits per heavy atom. The summed E-state index contributed by atoms with van der Waals surface area (Å²) < 4.78 is 4.90. The van der Waals surface area contributed by atoms with Gasteiger partial charge >= 0.3 is 5.97 Å². The lowest BCUT2D eigenvalue weighted by atomic mass is 9.98. The molecule has 1 heterocycles. The molecule has 0 bridgehead atoms. The maximum Gasteiger partial charge on any atom is 0.319 e. The summed E-state index contributed by atoms with van der Waals surface area (Å²) in [6, 6.07) is 0.109. The van der Waals surface area contributed by atoms with Gasteiger partial charge in [0.15, 0.2) is 0 Å². The number of aryl methyl sites for hydroxylation is 1. The van der Waals surface area contributed by atoms with Gasteiger partial charge in [-0.05, 0) is 20.8 Å². The van der Waals surface area contributed by atoms with Crippen LogP contribution in [0.4, 0.5) is 0 Å². The third kappa shape index (κ3) is 4.58. The maximum atomic E-state index is 11.3. The summed E-state index contributed by atoms with van der Waals surface area (Å²) in [4.78, 5) is 17.1. The first-order chi connectivity index (χ1) is 8.75. The Bertz CT molecular complexity index is 435. The van der Waals surface area contributed by atoms with Crippen LogP contribution in [0.1, 0.15) is 56.2 Å². The van der Waals surface area contributed by atoms with Gasteiger partial charge in [-0.1, -0.05) is 20.8 Å². The number of aromatic nitrogens is 1. The van der Waals surface area contributed by atoms with E-state index in [1.165, 1.54) is 4.88 Å². The Morgan fingerprint density at radius 2 is 2.11 bits per heavy atom. The van der Waals surface area contributed by atoms with E-state index in [-0.39, 0.29) is 24.0 Å². The van der Waals surface area contributed by atoms with Crippen LogP contribution in [0.15, 0.2) is 0 Å². The van der Waals surface area contributed by atoms with E-state index in [1.54, 1.807) is 11.3 Å².